The van der Waals surface area contributed by atoms with Gasteiger partial charge in [0.1, 0.15) is 11.5 Å². The zero-order valence-corrected chi connectivity index (χ0v) is 25.3. The largest absolute Gasteiger partial charge is 0.456 e. The fourth-order valence-electron chi connectivity index (χ4n) is 7.62. The Balaban J connectivity index is 1.36. The molecule has 0 aromatic heterocycles. The molecule has 7 aromatic carbocycles. The van der Waals surface area contributed by atoms with Crippen molar-refractivity contribution in [1.29, 1.82) is 0 Å². The van der Waals surface area contributed by atoms with Gasteiger partial charge in [0.25, 0.3) is 0 Å². The summed E-state index contributed by atoms with van der Waals surface area (Å²) in [5.41, 5.74) is 13.1. The Hall–Kier alpha value is -5.60. The molecule has 1 heterocycles. The summed E-state index contributed by atoms with van der Waals surface area (Å²) in [6.45, 7) is 4.71. The van der Waals surface area contributed by atoms with Crippen LogP contribution in [0.25, 0.3) is 44.2 Å². The molecule has 0 N–H and O–H groups in total. The standard InChI is InChI=1S/C43H31NO/c1-43(2)36-23-10-9-20-31(36)33-22-13-24-37(42(33)43)44(30-18-7-4-8-19-30)38-27-40-35(26-34(38)28-14-5-3-6-15-28)32-21-11-16-29-17-12-25-39(45-40)41(29)32/h3-27H,1-2H3. The molecule has 0 amide bonds. The van der Waals surface area contributed by atoms with Crippen molar-refractivity contribution in [2.24, 2.45) is 0 Å². The Labute approximate surface area is 263 Å². The quantitative estimate of drug-likeness (QED) is 0.206. The molecule has 0 saturated heterocycles. The third-order valence-electron chi connectivity index (χ3n) is 9.61. The minimum absolute atomic E-state index is 0.179. The number of para-hydroxylation sites is 1. The number of rotatable bonds is 4. The summed E-state index contributed by atoms with van der Waals surface area (Å²) in [6, 6.07) is 54.6. The van der Waals surface area contributed by atoms with Crippen molar-refractivity contribution < 1.29 is 4.74 Å². The predicted octanol–water partition coefficient (Wildman–Crippen LogP) is 12.1. The Kier molecular flexibility index (Phi) is 5.58. The number of benzene rings is 7. The van der Waals surface area contributed by atoms with E-state index < -0.39 is 0 Å². The lowest BCUT2D eigenvalue weighted by Crippen LogP contribution is -2.21. The van der Waals surface area contributed by atoms with Crippen LogP contribution in [0.15, 0.2) is 152 Å². The number of fused-ring (bicyclic) bond motifs is 5. The number of hydrogen-bond acceptors (Lipinski definition) is 2. The van der Waals surface area contributed by atoms with Crippen LogP contribution in [-0.4, -0.2) is 0 Å². The molecule has 214 valence electrons. The second kappa shape index (κ2) is 9.70. The molecule has 0 bridgehead atoms. The monoisotopic (exact) mass is 577 g/mol. The van der Waals surface area contributed by atoms with Crippen molar-refractivity contribution in [2.75, 3.05) is 4.90 Å². The van der Waals surface area contributed by atoms with Gasteiger partial charge in [-0.2, -0.15) is 0 Å². The van der Waals surface area contributed by atoms with Crippen LogP contribution in [0, 0.1) is 0 Å². The molecule has 7 aromatic rings. The van der Waals surface area contributed by atoms with Crippen molar-refractivity contribution in [3.63, 3.8) is 0 Å². The van der Waals surface area contributed by atoms with Gasteiger partial charge in [-0.15, -0.1) is 0 Å². The minimum atomic E-state index is -0.179. The Morgan fingerprint density at radius 1 is 0.489 bits per heavy atom. The summed E-state index contributed by atoms with van der Waals surface area (Å²) in [5.74, 6) is 1.77. The molecule has 1 aliphatic heterocycles. The zero-order valence-electron chi connectivity index (χ0n) is 25.3. The molecule has 0 unspecified atom stereocenters. The third kappa shape index (κ3) is 3.82. The van der Waals surface area contributed by atoms with Gasteiger partial charge in [-0.3, -0.25) is 0 Å². The van der Waals surface area contributed by atoms with Crippen LogP contribution in [0.3, 0.4) is 0 Å². The first kappa shape index (κ1) is 25.9. The summed E-state index contributed by atoms with van der Waals surface area (Å²) < 4.78 is 6.76. The lowest BCUT2D eigenvalue weighted by molar-refractivity contribution is 0.487. The topological polar surface area (TPSA) is 12.5 Å². The van der Waals surface area contributed by atoms with Crippen LogP contribution in [-0.2, 0) is 5.41 Å². The van der Waals surface area contributed by atoms with E-state index in [9.17, 15) is 0 Å². The first-order chi connectivity index (χ1) is 22.1. The maximum Gasteiger partial charge on any atom is 0.137 e. The molecule has 9 rings (SSSR count). The zero-order chi connectivity index (χ0) is 30.1. The van der Waals surface area contributed by atoms with Crippen LogP contribution in [0.4, 0.5) is 17.1 Å². The summed E-state index contributed by atoms with van der Waals surface area (Å²) in [6.07, 6.45) is 0. The van der Waals surface area contributed by atoms with Crippen molar-refractivity contribution in [2.45, 2.75) is 19.3 Å². The summed E-state index contributed by atoms with van der Waals surface area (Å²) in [7, 11) is 0. The lowest BCUT2D eigenvalue weighted by Gasteiger charge is -2.34. The average Bonchev–Trinajstić information content (AvgIpc) is 3.33. The highest BCUT2D eigenvalue weighted by Crippen LogP contribution is 2.56. The highest BCUT2D eigenvalue weighted by molar-refractivity contribution is 6.06. The molecule has 0 saturated carbocycles. The van der Waals surface area contributed by atoms with Crippen LogP contribution >= 0.6 is 0 Å². The maximum atomic E-state index is 6.76. The summed E-state index contributed by atoms with van der Waals surface area (Å²) in [4.78, 5) is 2.44. The first-order valence-corrected chi connectivity index (χ1v) is 15.6. The maximum absolute atomic E-state index is 6.76. The summed E-state index contributed by atoms with van der Waals surface area (Å²) in [5, 5.41) is 2.35. The number of ether oxygens (including phenoxy) is 1. The summed E-state index contributed by atoms with van der Waals surface area (Å²) >= 11 is 0. The van der Waals surface area contributed by atoms with Gasteiger partial charge in [-0.1, -0.05) is 129 Å². The molecule has 2 nitrogen and oxygen atoms in total. The van der Waals surface area contributed by atoms with Gasteiger partial charge < -0.3 is 9.64 Å². The number of hydrogen-bond donors (Lipinski definition) is 0. The van der Waals surface area contributed by atoms with E-state index in [1.165, 1.54) is 44.3 Å². The average molecular weight is 578 g/mol. The van der Waals surface area contributed by atoms with E-state index in [2.05, 4.69) is 170 Å². The number of anilines is 3. The molecule has 2 heteroatoms. The molecule has 0 atom stereocenters. The van der Waals surface area contributed by atoms with Crippen LogP contribution in [0.5, 0.6) is 11.5 Å². The molecule has 0 radical (unpaired) electrons. The molecule has 45 heavy (non-hydrogen) atoms. The van der Waals surface area contributed by atoms with Crippen LogP contribution in [0.1, 0.15) is 25.0 Å². The number of nitrogens with zero attached hydrogens (tertiary/aromatic N) is 1. The van der Waals surface area contributed by atoms with E-state index in [0.29, 0.717) is 0 Å². The van der Waals surface area contributed by atoms with Crippen LogP contribution in [0.2, 0.25) is 0 Å². The van der Waals surface area contributed by atoms with E-state index in [1.807, 2.05) is 0 Å². The molecule has 2 aliphatic rings. The molecule has 1 aliphatic carbocycles. The van der Waals surface area contributed by atoms with Gasteiger partial charge >= 0.3 is 0 Å². The Morgan fingerprint density at radius 2 is 1.16 bits per heavy atom. The lowest BCUT2D eigenvalue weighted by atomic mass is 9.81. The molecule has 0 fully saturated rings. The highest BCUT2D eigenvalue weighted by atomic mass is 16.5. The minimum Gasteiger partial charge on any atom is -0.456 e. The normalized spacial score (nSPS) is 13.5. The van der Waals surface area contributed by atoms with E-state index in [-0.39, 0.29) is 5.41 Å². The van der Waals surface area contributed by atoms with Crippen molar-refractivity contribution in [3.05, 3.63) is 163 Å². The smallest absolute Gasteiger partial charge is 0.137 e. The van der Waals surface area contributed by atoms with Crippen molar-refractivity contribution in [1.82, 2.24) is 0 Å². The van der Waals surface area contributed by atoms with Crippen LogP contribution < -0.4 is 9.64 Å². The Morgan fingerprint density at radius 3 is 1.98 bits per heavy atom. The fourth-order valence-corrected chi connectivity index (χ4v) is 7.62. The van der Waals surface area contributed by atoms with E-state index in [0.717, 1.165) is 39.6 Å². The molecular weight excluding hydrogens is 546 g/mol. The van der Waals surface area contributed by atoms with E-state index >= 15 is 0 Å². The van der Waals surface area contributed by atoms with Gasteiger partial charge in [-0.05, 0) is 69.1 Å². The second-order valence-electron chi connectivity index (χ2n) is 12.5. The first-order valence-electron chi connectivity index (χ1n) is 15.6. The van der Waals surface area contributed by atoms with Gasteiger partial charge in [0.2, 0.25) is 0 Å². The van der Waals surface area contributed by atoms with E-state index in [4.69, 9.17) is 4.74 Å². The fraction of sp³-hybridized carbons (Fsp3) is 0.0698. The third-order valence-corrected chi connectivity index (χ3v) is 9.61. The highest BCUT2D eigenvalue weighted by Gasteiger charge is 2.39. The van der Waals surface area contributed by atoms with Crippen molar-refractivity contribution >= 4 is 27.8 Å². The SMILES string of the molecule is CC1(C)c2ccccc2-c2cccc(N(c3ccccc3)c3cc4c(cc3-c3ccccc3)-c3cccc5cccc(c35)O4)c21. The van der Waals surface area contributed by atoms with Gasteiger partial charge in [-0.25, -0.2) is 0 Å². The second-order valence-corrected chi connectivity index (χ2v) is 12.5. The van der Waals surface area contributed by atoms with Gasteiger partial charge in [0.15, 0.2) is 0 Å². The molecule has 0 spiro atoms. The predicted molar refractivity (Wildman–Crippen MR) is 187 cm³/mol. The van der Waals surface area contributed by atoms with Gasteiger partial charge in [0.05, 0.1) is 11.4 Å². The van der Waals surface area contributed by atoms with E-state index in [1.54, 1.807) is 0 Å². The Bertz CT molecular complexity index is 2260. The van der Waals surface area contributed by atoms with Crippen molar-refractivity contribution in [3.8, 4) is 44.9 Å². The molecular formula is C43H31NO. The van der Waals surface area contributed by atoms with Gasteiger partial charge in [0, 0.05) is 33.7 Å².